The molecule has 0 N–H and O–H groups in total. The molecule has 5 heteroatoms. The third-order valence-electron chi connectivity index (χ3n) is 3.83. The van der Waals surface area contributed by atoms with Crippen molar-refractivity contribution in [2.45, 2.75) is 52.5 Å². The molecule has 6 atom stereocenters. The van der Waals surface area contributed by atoms with E-state index in [1.165, 1.54) is 0 Å². The Balaban J connectivity index is 2.57. The molecule has 21 heavy (non-hydrogen) atoms. The molecule has 0 bridgehead atoms. The maximum Gasteiger partial charge on any atom is 0.162 e. The van der Waals surface area contributed by atoms with E-state index in [0.29, 0.717) is 13.2 Å². The van der Waals surface area contributed by atoms with Crippen LogP contribution in [-0.2, 0) is 23.7 Å². The van der Waals surface area contributed by atoms with Crippen LogP contribution in [0.25, 0.3) is 0 Å². The minimum atomic E-state index is -0.260. The highest BCUT2D eigenvalue weighted by atomic mass is 16.7. The van der Waals surface area contributed by atoms with Crippen molar-refractivity contribution < 1.29 is 23.7 Å². The number of ether oxygens (including phenoxy) is 5. The summed E-state index contributed by atoms with van der Waals surface area (Å²) in [7, 11) is 3.32. The zero-order chi connectivity index (χ0) is 15.8. The van der Waals surface area contributed by atoms with Gasteiger partial charge in [-0.1, -0.05) is 26.0 Å². The number of hydrogen-bond donors (Lipinski definition) is 0. The van der Waals surface area contributed by atoms with Gasteiger partial charge in [0.1, 0.15) is 0 Å². The van der Waals surface area contributed by atoms with Crippen molar-refractivity contribution in [3.63, 3.8) is 0 Å². The van der Waals surface area contributed by atoms with Crippen molar-refractivity contribution >= 4 is 0 Å². The van der Waals surface area contributed by atoms with Crippen LogP contribution in [0.2, 0.25) is 0 Å². The Morgan fingerprint density at radius 1 is 0.857 bits per heavy atom. The van der Waals surface area contributed by atoms with Gasteiger partial charge in [0.05, 0.1) is 12.2 Å². The van der Waals surface area contributed by atoms with Crippen molar-refractivity contribution in [2.24, 2.45) is 11.8 Å². The van der Waals surface area contributed by atoms with Gasteiger partial charge in [0.15, 0.2) is 12.6 Å². The minimum absolute atomic E-state index is 0.0203. The van der Waals surface area contributed by atoms with E-state index in [1.54, 1.807) is 14.2 Å². The summed E-state index contributed by atoms with van der Waals surface area (Å²) >= 11 is 0. The summed E-state index contributed by atoms with van der Waals surface area (Å²) in [5.41, 5.74) is 0. The maximum absolute atomic E-state index is 6.11. The highest BCUT2D eigenvalue weighted by Crippen LogP contribution is 2.28. The number of hydrogen-bond acceptors (Lipinski definition) is 5. The Labute approximate surface area is 128 Å². The van der Waals surface area contributed by atoms with Gasteiger partial charge in [-0.05, 0) is 13.8 Å². The molecule has 0 amide bonds. The second kappa shape index (κ2) is 9.54. The second-order valence-electron chi connectivity index (χ2n) is 5.29. The zero-order valence-electron chi connectivity index (χ0n) is 14.1. The summed E-state index contributed by atoms with van der Waals surface area (Å²) in [6, 6.07) is 0. The second-order valence-corrected chi connectivity index (χ2v) is 5.29. The first kappa shape index (κ1) is 18.6. The molecule has 6 unspecified atom stereocenters. The lowest BCUT2D eigenvalue weighted by molar-refractivity contribution is -0.191. The van der Waals surface area contributed by atoms with E-state index in [0.717, 1.165) is 0 Å². The van der Waals surface area contributed by atoms with E-state index in [9.17, 15) is 0 Å². The summed E-state index contributed by atoms with van der Waals surface area (Å²) < 4.78 is 28.0. The van der Waals surface area contributed by atoms with E-state index in [2.05, 4.69) is 26.0 Å². The zero-order valence-corrected chi connectivity index (χ0v) is 14.1. The van der Waals surface area contributed by atoms with Crippen LogP contribution in [0.1, 0.15) is 27.7 Å². The summed E-state index contributed by atoms with van der Waals surface area (Å²) in [5.74, 6) is 0.243. The molecule has 1 aliphatic heterocycles. The van der Waals surface area contributed by atoms with Crippen molar-refractivity contribution in [2.75, 3.05) is 27.4 Å². The van der Waals surface area contributed by atoms with Crippen LogP contribution < -0.4 is 0 Å². The monoisotopic (exact) mass is 302 g/mol. The number of methoxy groups -OCH3 is 2. The van der Waals surface area contributed by atoms with Gasteiger partial charge < -0.3 is 23.7 Å². The lowest BCUT2D eigenvalue weighted by Gasteiger charge is -2.30. The number of rotatable bonds is 10. The van der Waals surface area contributed by atoms with E-state index in [-0.39, 0.29) is 36.6 Å². The topological polar surface area (TPSA) is 46.2 Å². The van der Waals surface area contributed by atoms with Crippen LogP contribution in [0.4, 0.5) is 0 Å². The molecule has 124 valence electrons. The van der Waals surface area contributed by atoms with E-state index >= 15 is 0 Å². The molecule has 0 aromatic carbocycles. The Hall–Kier alpha value is -0.460. The molecule has 0 aromatic rings. The fourth-order valence-corrected chi connectivity index (χ4v) is 2.60. The normalized spacial score (nSPS) is 27.5. The minimum Gasteiger partial charge on any atom is -0.366 e. The summed E-state index contributed by atoms with van der Waals surface area (Å²) in [5, 5.41) is 0. The molecule has 0 fully saturated rings. The lowest BCUT2D eigenvalue weighted by atomic mass is 10.0. The molecule has 0 aromatic heterocycles. The molecule has 1 rings (SSSR count). The van der Waals surface area contributed by atoms with Crippen LogP contribution in [0, 0.1) is 11.8 Å². The fourth-order valence-electron chi connectivity index (χ4n) is 2.60. The smallest absolute Gasteiger partial charge is 0.162 e. The predicted octanol–water partition coefficient (Wildman–Crippen LogP) is 2.60. The van der Waals surface area contributed by atoms with E-state index < -0.39 is 0 Å². The molecule has 0 radical (unpaired) electrons. The van der Waals surface area contributed by atoms with Crippen LogP contribution >= 0.6 is 0 Å². The van der Waals surface area contributed by atoms with Crippen molar-refractivity contribution in [1.82, 2.24) is 0 Å². The van der Waals surface area contributed by atoms with Gasteiger partial charge in [0.25, 0.3) is 0 Å². The Morgan fingerprint density at radius 2 is 1.24 bits per heavy atom. The highest BCUT2D eigenvalue weighted by molar-refractivity contribution is 5.06. The summed E-state index contributed by atoms with van der Waals surface area (Å²) in [4.78, 5) is 0. The highest BCUT2D eigenvalue weighted by Gasteiger charge is 2.35. The molecule has 5 nitrogen and oxygen atoms in total. The van der Waals surface area contributed by atoms with Gasteiger partial charge in [-0.15, -0.1) is 0 Å². The first-order valence-corrected chi connectivity index (χ1v) is 7.71. The molecule has 1 heterocycles. The molecule has 0 saturated carbocycles. The summed E-state index contributed by atoms with van der Waals surface area (Å²) in [6.45, 7) is 9.30. The first-order valence-electron chi connectivity index (χ1n) is 7.71. The van der Waals surface area contributed by atoms with Crippen LogP contribution in [-0.4, -0.2) is 52.2 Å². The molecule has 0 saturated heterocycles. The summed E-state index contributed by atoms with van der Waals surface area (Å²) in [6.07, 6.45) is 3.60. The van der Waals surface area contributed by atoms with Crippen LogP contribution in [0.5, 0.6) is 0 Å². The quantitative estimate of drug-likeness (QED) is 0.458. The van der Waals surface area contributed by atoms with Crippen molar-refractivity contribution in [3.8, 4) is 0 Å². The van der Waals surface area contributed by atoms with Gasteiger partial charge in [-0.2, -0.15) is 0 Å². The SMILES string of the molecule is CCOC(OC)C(C)C1C=CC(C(C)C(OC)OCC)O1. The predicted molar refractivity (Wildman–Crippen MR) is 81.0 cm³/mol. The van der Waals surface area contributed by atoms with Gasteiger partial charge >= 0.3 is 0 Å². The van der Waals surface area contributed by atoms with Gasteiger partial charge in [-0.25, -0.2) is 0 Å². The molecule has 0 spiro atoms. The first-order chi connectivity index (χ1) is 10.1. The van der Waals surface area contributed by atoms with Gasteiger partial charge in [0, 0.05) is 39.3 Å². The van der Waals surface area contributed by atoms with Crippen molar-refractivity contribution in [3.05, 3.63) is 12.2 Å². The molecule has 1 aliphatic rings. The van der Waals surface area contributed by atoms with Crippen molar-refractivity contribution in [1.29, 1.82) is 0 Å². The van der Waals surface area contributed by atoms with Gasteiger partial charge in [-0.3, -0.25) is 0 Å². The fraction of sp³-hybridized carbons (Fsp3) is 0.875. The maximum atomic E-state index is 6.11. The standard InChI is InChI=1S/C16H30O5/c1-7-19-15(17-5)11(3)13-9-10-14(21-13)12(4)16(18-6)20-8-2/h9-16H,7-8H2,1-6H3. The molecule has 0 aliphatic carbocycles. The van der Waals surface area contributed by atoms with Crippen LogP contribution in [0.15, 0.2) is 12.2 Å². The molecular weight excluding hydrogens is 272 g/mol. The third-order valence-corrected chi connectivity index (χ3v) is 3.83. The van der Waals surface area contributed by atoms with Crippen LogP contribution in [0.3, 0.4) is 0 Å². The largest absolute Gasteiger partial charge is 0.366 e. The Bertz CT molecular complexity index is 279. The Kier molecular flexibility index (Phi) is 8.44. The third kappa shape index (κ3) is 5.04. The average Bonchev–Trinajstić information content (AvgIpc) is 2.98. The average molecular weight is 302 g/mol. The lowest BCUT2D eigenvalue weighted by Crippen LogP contribution is -2.37. The molecular formula is C16H30O5. The van der Waals surface area contributed by atoms with Gasteiger partial charge in [0.2, 0.25) is 0 Å². The van der Waals surface area contributed by atoms with E-state index in [1.807, 2.05) is 13.8 Å². The Morgan fingerprint density at radius 3 is 1.52 bits per heavy atom. The van der Waals surface area contributed by atoms with E-state index in [4.69, 9.17) is 23.7 Å².